The number of aryl methyl sites for hydroxylation is 2. The highest BCUT2D eigenvalue weighted by Crippen LogP contribution is 2.34. The predicted molar refractivity (Wildman–Crippen MR) is 63.8 cm³/mol. The number of aromatic nitrogens is 2. The van der Waals surface area contributed by atoms with Crippen molar-refractivity contribution in [1.82, 2.24) is 10.1 Å². The largest absolute Gasteiger partial charge is 0.333 e. The molecule has 0 unspecified atom stereocenters. The van der Waals surface area contributed by atoms with E-state index in [-0.39, 0.29) is 0 Å². The Balaban J connectivity index is 1.96. The van der Waals surface area contributed by atoms with Crippen LogP contribution in [0.15, 0.2) is 10.6 Å². The van der Waals surface area contributed by atoms with Crippen molar-refractivity contribution in [1.29, 1.82) is 0 Å². The molecule has 3 nitrogen and oxygen atoms in total. The number of fused-ring (bicyclic) bond motifs is 1. The van der Waals surface area contributed by atoms with Crippen LogP contribution in [-0.4, -0.2) is 10.1 Å². The summed E-state index contributed by atoms with van der Waals surface area (Å²) in [7, 11) is 0. The van der Waals surface area contributed by atoms with E-state index in [2.05, 4.69) is 16.2 Å². The minimum absolute atomic E-state index is 0.300. The van der Waals surface area contributed by atoms with Crippen LogP contribution in [0, 0.1) is 0 Å². The summed E-state index contributed by atoms with van der Waals surface area (Å²) in [4.78, 5) is 6.80. The molecule has 0 aromatic carbocycles. The third kappa shape index (κ3) is 1.76. The van der Waals surface area contributed by atoms with Crippen molar-refractivity contribution in [2.24, 2.45) is 0 Å². The van der Waals surface area contributed by atoms with E-state index in [1.807, 2.05) is 0 Å². The van der Waals surface area contributed by atoms with E-state index in [4.69, 9.17) is 16.1 Å². The molecule has 1 aliphatic rings. The lowest BCUT2D eigenvalue weighted by Gasteiger charge is -2.08. The number of hydrogen-bond acceptors (Lipinski definition) is 4. The first-order valence-electron chi connectivity index (χ1n) is 5.37. The summed E-state index contributed by atoms with van der Waals surface area (Å²) in [6.07, 6.45) is 4.96. The summed E-state index contributed by atoms with van der Waals surface area (Å²) in [5.41, 5.74) is 1.46. The van der Waals surface area contributed by atoms with Gasteiger partial charge in [0.1, 0.15) is 0 Å². The molecule has 0 saturated heterocycles. The number of nitrogens with zero attached hydrogens (tertiary/aromatic N) is 2. The molecule has 0 N–H and O–H groups in total. The van der Waals surface area contributed by atoms with Crippen molar-refractivity contribution in [2.75, 3.05) is 0 Å². The molecule has 84 valence electrons. The molecule has 0 fully saturated rings. The summed E-state index contributed by atoms with van der Waals surface area (Å²) in [5, 5.41) is 3.81. The molecule has 3 rings (SSSR count). The fraction of sp³-hybridized carbons (Fsp3) is 0.455. The molecule has 0 bridgehead atoms. The van der Waals surface area contributed by atoms with Crippen LogP contribution in [0.25, 0.3) is 10.8 Å². The van der Waals surface area contributed by atoms with Crippen LogP contribution in [-0.2, 0) is 18.7 Å². The van der Waals surface area contributed by atoms with Crippen molar-refractivity contribution in [3.05, 3.63) is 22.3 Å². The fourth-order valence-electron chi connectivity index (χ4n) is 2.00. The molecule has 0 aliphatic heterocycles. The maximum absolute atomic E-state index is 5.65. The van der Waals surface area contributed by atoms with Gasteiger partial charge in [-0.25, -0.2) is 0 Å². The van der Waals surface area contributed by atoms with Gasteiger partial charge in [0.2, 0.25) is 0 Å². The molecule has 2 heterocycles. The first-order chi connectivity index (χ1) is 7.86. The van der Waals surface area contributed by atoms with Crippen molar-refractivity contribution in [3.63, 3.8) is 0 Å². The summed E-state index contributed by atoms with van der Waals surface area (Å²) < 4.78 is 5.18. The van der Waals surface area contributed by atoms with Crippen LogP contribution in [0.1, 0.15) is 29.1 Å². The van der Waals surface area contributed by atoms with Gasteiger partial charge in [-0.2, -0.15) is 4.98 Å². The van der Waals surface area contributed by atoms with Gasteiger partial charge in [0.05, 0.1) is 10.8 Å². The second-order valence-corrected chi connectivity index (χ2v) is 5.32. The molecule has 0 radical (unpaired) electrons. The average Bonchev–Trinajstić information content (AvgIpc) is 2.95. The third-order valence-corrected chi connectivity index (χ3v) is 4.26. The Labute approximate surface area is 102 Å². The minimum atomic E-state index is 0.300. The van der Waals surface area contributed by atoms with Crippen LogP contribution in [0.3, 0.4) is 0 Å². The summed E-state index contributed by atoms with van der Waals surface area (Å²) in [6, 6.07) is 2.19. The summed E-state index contributed by atoms with van der Waals surface area (Å²) in [6.45, 7) is 0. The zero-order valence-electron chi connectivity index (χ0n) is 8.70. The van der Waals surface area contributed by atoms with Crippen LogP contribution < -0.4 is 0 Å². The van der Waals surface area contributed by atoms with Crippen LogP contribution >= 0.6 is 22.9 Å². The predicted octanol–water partition coefficient (Wildman–Crippen LogP) is 3.42. The number of halogens is 1. The Bertz CT molecular complexity index is 482. The standard InChI is InChI=1S/C11H11ClN2OS/c12-6-10-13-11(15-14-10)9-5-7-3-1-2-4-8(7)16-9/h5H,1-4,6H2. The number of hydrogen-bond donors (Lipinski definition) is 0. The molecular weight excluding hydrogens is 244 g/mol. The van der Waals surface area contributed by atoms with Gasteiger partial charge in [-0.3, -0.25) is 0 Å². The molecule has 5 heteroatoms. The van der Waals surface area contributed by atoms with Gasteiger partial charge in [0.25, 0.3) is 5.89 Å². The van der Waals surface area contributed by atoms with Gasteiger partial charge in [0.15, 0.2) is 5.82 Å². The van der Waals surface area contributed by atoms with E-state index in [0.29, 0.717) is 17.6 Å². The Kier molecular flexibility index (Phi) is 2.69. The second-order valence-electron chi connectivity index (χ2n) is 3.92. The first kappa shape index (κ1) is 10.3. The zero-order chi connectivity index (χ0) is 11.0. The lowest BCUT2D eigenvalue weighted by molar-refractivity contribution is 0.426. The maximum atomic E-state index is 5.65. The van der Waals surface area contributed by atoms with E-state index in [1.54, 1.807) is 11.3 Å². The molecule has 0 spiro atoms. The highest BCUT2D eigenvalue weighted by molar-refractivity contribution is 7.15. The molecule has 0 atom stereocenters. The van der Waals surface area contributed by atoms with E-state index >= 15 is 0 Å². The molecule has 1 aliphatic carbocycles. The highest BCUT2D eigenvalue weighted by atomic mass is 35.5. The van der Waals surface area contributed by atoms with Gasteiger partial charge in [-0.1, -0.05) is 5.16 Å². The van der Waals surface area contributed by atoms with Crippen LogP contribution in [0.4, 0.5) is 0 Å². The number of thiophene rings is 1. The zero-order valence-corrected chi connectivity index (χ0v) is 10.3. The number of rotatable bonds is 2. The molecule has 2 aromatic rings. The second kappa shape index (κ2) is 4.18. The first-order valence-corrected chi connectivity index (χ1v) is 6.72. The summed E-state index contributed by atoms with van der Waals surface area (Å²) >= 11 is 7.42. The van der Waals surface area contributed by atoms with Gasteiger partial charge < -0.3 is 4.52 Å². The van der Waals surface area contributed by atoms with Crippen molar-refractivity contribution in [3.8, 4) is 10.8 Å². The normalized spacial score (nSPS) is 15.1. The van der Waals surface area contributed by atoms with Crippen molar-refractivity contribution in [2.45, 2.75) is 31.6 Å². The van der Waals surface area contributed by atoms with Gasteiger partial charge in [0, 0.05) is 4.88 Å². The Morgan fingerprint density at radius 3 is 3.00 bits per heavy atom. The third-order valence-electron chi connectivity index (χ3n) is 2.79. The molecule has 16 heavy (non-hydrogen) atoms. The van der Waals surface area contributed by atoms with Crippen LogP contribution in [0.2, 0.25) is 0 Å². The molecule has 0 saturated carbocycles. The van der Waals surface area contributed by atoms with E-state index in [0.717, 1.165) is 4.88 Å². The van der Waals surface area contributed by atoms with E-state index in [9.17, 15) is 0 Å². The van der Waals surface area contributed by atoms with E-state index in [1.165, 1.54) is 36.1 Å². The monoisotopic (exact) mass is 254 g/mol. The molecule has 2 aromatic heterocycles. The van der Waals surface area contributed by atoms with Crippen LogP contribution in [0.5, 0.6) is 0 Å². The Morgan fingerprint density at radius 2 is 2.25 bits per heavy atom. The Hall–Kier alpha value is -0.870. The lowest BCUT2D eigenvalue weighted by Crippen LogP contribution is -1.96. The van der Waals surface area contributed by atoms with E-state index < -0.39 is 0 Å². The smallest absolute Gasteiger partial charge is 0.268 e. The SMILES string of the molecule is ClCc1noc(-c2cc3c(s2)CCCC3)n1. The maximum Gasteiger partial charge on any atom is 0.268 e. The summed E-state index contributed by atoms with van der Waals surface area (Å²) in [5.74, 6) is 1.47. The van der Waals surface area contributed by atoms with Crippen molar-refractivity contribution < 1.29 is 4.52 Å². The van der Waals surface area contributed by atoms with Crippen molar-refractivity contribution >= 4 is 22.9 Å². The molecule has 0 amide bonds. The quantitative estimate of drug-likeness (QED) is 0.771. The minimum Gasteiger partial charge on any atom is -0.333 e. The lowest BCUT2D eigenvalue weighted by atomic mass is 9.99. The van der Waals surface area contributed by atoms with Gasteiger partial charge >= 0.3 is 0 Å². The fourth-order valence-corrected chi connectivity index (χ4v) is 3.29. The Morgan fingerprint density at radius 1 is 1.38 bits per heavy atom. The highest BCUT2D eigenvalue weighted by Gasteiger charge is 2.17. The van der Waals surface area contributed by atoms with Gasteiger partial charge in [-0.05, 0) is 37.3 Å². The average molecular weight is 255 g/mol. The molecular formula is C11H11ClN2OS. The number of alkyl halides is 1. The van der Waals surface area contributed by atoms with Gasteiger partial charge in [-0.15, -0.1) is 22.9 Å². The topological polar surface area (TPSA) is 38.9 Å².